The largest absolute Gasteiger partial charge is 0.307 e. The molecule has 0 fully saturated rings. The van der Waals surface area contributed by atoms with Gasteiger partial charge in [-0.05, 0) is 30.7 Å². The Bertz CT molecular complexity index is 1230. The molecule has 1 amide bonds. The second-order valence-electron chi connectivity index (χ2n) is 6.55. The van der Waals surface area contributed by atoms with E-state index in [4.69, 9.17) is 23.2 Å². The van der Waals surface area contributed by atoms with Gasteiger partial charge in [-0.3, -0.25) is 4.79 Å². The summed E-state index contributed by atoms with van der Waals surface area (Å²) >= 11 is 12.3. The maximum absolute atomic E-state index is 14.1. The van der Waals surface area contributed by atoms with Crippen LogP contribution in [0.2, 0.25) is 10.0 Å². The van der Waals surface area contributed by atoms with Gasteiger partial charge in [0.2, 0.25) is 0 Å². The van der Waals surface area contributed by atoms with Gasteiger partial charge in [-0.2, -0.15) is 10.2 Å². The Hall–Kier alpha value is -3.16. The summed E-state index contributed by atoms with van der Waals surface area (Å²) < 4.78 is 17.1. The van der Waals surface area contributed by atoms with Crippen LogP contribution in [0.1, 0.15) is 21.6 Å². The lowest BCUT2D eigenvalue weighted by atomic mass is 10.2. The van der Waals surface area contributed by atoms with Crippen LogP contribution in [0, 0.1) is 12.7 Å². The summed E-state index contributed by atoms with van der Waals surface area (Å²) in [4.78, 5) is 12.8. The monoisotopic (exact) mass is 443 g/mol. The van der Waals surface area contributed by atoms with Crippen molar-refractivity contribution in [3.05, 3.63) is 93.6 Å². The number of nitrogens with zero attached hydrogens (tertiary/aromatic N) is 4. The summed E-state index contributed by atoms with van der Waals surface area (Å²) in [5.41, 5.74) is 1.88. The highest BCUT2D eigenvalue weighted by Crippen LogP contribution is 2.27. The minimum atomic E-state index is -0.424. The highest BCUT2D eigenvalue weighted by Gasteiger charge is 2.18. The summed E-state index contributed by atoms with van der Waals surface area (Å²) in [6.07, 6.45) is 2.98. The molecule has 0 radical (unpaired) electrons. The van der Waals surface area contributed by atoms with Crippen LogP contribution in [-0.4, -0.2) is 25.5 Å². The normalized spacial score (nSPS) is 10.9. The molecule has 0 atom stereocenters. The number of amides is 1. The summed E-state index contributed by atoms with van der Waals surface area (Å²) in [6.45, 7) is 2.03. The highest BCUT2D eigenvalue weighted by molar-refractivity contribution is 6.42. The predicted octanol–water partition coefficient (Wildman–Crippen LogP) is 5.12. The molecule has 152 valence electrons. The maximum atomic E-state index is 14.1. The first-order chi connectivity index (χ1) is 14.5. The molecule has 4 rings (SSSR count). The third-order valence-corrected chi connectivity index (χ3v) is 5.50. The fourth-order valence-corrected chi connectivity index (χ4v) is 3.46. The number of para-hydroxylation sites is 1. The van der Waals surface area contributed by atoms with Gasteiger partial charge in [0.05, 0.1) is 40.2 Å². The number of aromatic nitrogens is 4. The van der Waals surface area contributed by atoms with Gasteiger partial charge in [-0.25, -0.2) is 13.8 Å². The second kappa shape index (κ2) is 8.30. The minimum Gasteiger partial charge on any atom is -0.307 e. The van der Waals surface area contributed by atoms with Crippen LogP contribution in [0.5, 0.6) is 0 Å². The Morgan fingerprint density at radius 3 is 2.70 bits per heavy atom. The average molecular weight is 444 g/mol. The Labute approximate surface area is 181 Å². The summed E-state index contributed by atoms with van der Waals surface area (Å²) in [5.74, 6) is -0.324. The smallest absolute Gasteiger partial charge is 0.260 e. The summed E-state index contributed by atoms with van der Waals surface area (Å²) in [7, 11) is 0. The van der Waals surface area contributed by atoms with Gasteiger partial charge in [0.25, 0.3) is 5.91 Å². The van der Waals surface area contributed by atoms with Crippen LogP contribution >= 0.6 is 23.2 Å². The van der Waals surface area contributed by atoms with Crippen molar-refractivity contribution >= 4 is 34.9 Å². The fourth-order valence-electron chi connectivity index (χ4n) is 3.08. The number of hydrogen-bond donors (Lipinski definition) is 1. The van der Waals surface area contributed by atoms with Crippen molar-refractivity contribution in [1.29, 1.82) is 0 Å². The zero-order chi connectivity index (χ0) is 21.3. The highest BCUT2D eigenvalue weighted by atomic mass is 35.5. The van der Waals surface area contributed by atoms with E-state index in [1.807, 2.05) is 6.07 Å². The van der Waals surface area contributed by atoms with Crippen LogP contribution in [0.4, 0.5) is 10.2 Å². The lowest BCUT2D eigenvalue weighted by Gasteiger charge is -2.11. The van der Waals surface area contributed by atoms with Gasteiger partial charge < -0.3 is 5.32 Å². The van der Waals surface area contributed by atoms with E-state index in [1.54, 1.807) is 54.2 Å². The Morgan fingerprint density at radius 2 is 1.90 bits per heavy atom. The lowest BCUT2D eigenvalue weighted by Crippen LogP contribution is -2.17. The molecule has 6 nitrogen and oxygen atoms in total. The molecule has 0 saturated heterocycles. The van der Waals surface area contributed by atoms with E-state index in [1.165, 1.54) is 16.9 Å². The van der Waals surface area contributed by atoms with Crippen molar-refractivity contribution in [1.82, 2.24) is 19.6 Å². The molecule has 0 bridgehead atoms. The molecule has 30 heavy (non-hydrogen) atoms. The third kappa shape index (κ3) is 3.81. The first-order valence-electron chi connectivity index (χ1n) is 9.01. The molecule has 4 aromatic rings. The molecule has 9 heteroatoms. The number of carbonyl (C=O) groups is 1. The molecule has 0 aliphatic carbocycles. The fraction of sp³-hybridized carbons (Fsp3) is 0.0952. The number of nitrogens with one attached hydrogen (secondary N) is 1. The van der Waals surface area contributed by atoms with Crippen molar-refractivity contribution in [3.8, 4) is 5.69 Å². The zero-order valence-corrected chi connectivity index (χ0v) is 17.3. The predicted molar refractivity (Wildman–Crippen MR) is 114 cm³/mol. The molecule has 2 aromatic heterocycles. The van der Waals surface area contributed by atoms with E-state index in [9.17, 15) is 9.18 Å². The molecule has 1 N–H and O–H groups in total. The average Bonchev–Trinajstić information content (AvgIpc) is 3.32. The van der Waals surface area contributed by atoms with Crippen molar-refractivity contribution < 1.29 is 9.18 Å². The zero-order valence-electron chi connectivity index (χ0n) is 15.8. The molecular weight excluding hydrogens is 428 g/mol. The van der Waals surface area contributed by atoms with Crippen molar-refractivity contribution in [2.24, 2.45) is 0 Å². The van der Waals surface area contributed by atoms with Gasteiger partial charge in [0.1, 0.15) is 17.3 Å². The van der Waals surface area contributed by atoms with Crippen LogP contribution in [0.25, 0.3) is 5.69 Å². The van der Waals surface area contributed by atoms with E-state index >= 15 is 0 Å². The third-order valence-electron chi connectivity index (χ3n) is 4.64. The van der Waals surface area contributed by atoms with Crippen molar-refractivity contribution in [2.45, 2.75) is 13.5 Å². The molecule has 2 aromatic carbocycles. The van der Waals surface area contributed by atoms with E-state index in [2.05, 4.69) is 15.5 Å². The number of anilines is 1. The standard InChI is InChI=1S/C21H16Cl2FN5O/c1-13-15(11-26-29(13)18-8-3-2-7-17(18)24)21(30)27-19-9-10-25-28(19)12-14-5-4-6-16(22)20(14)23/h2-11H,12H2,1H3,(H,27,30). The first-order valence-corrected chi connectivity index (χ1v) is 9.77. The first kappa shape index (κ1) is 20.1. The molecule has 0 unspecified atom stereocenters. The second-order valence-corrected chi connectivity index (χ2v) is 7.33. The van der Waals surface area contributed by atoms with Crippen molar-refractivity contribution in [2.75, 3.05) is 5.32 Å². The van der Waals surface area contributed by atoms with Gasteiger partial charge in [0, 0.05) is 6.07 Å². The van der Waals surface area contributed by atoms with Crippen LogP contribution in [0.3, 0.4) is 0 Å². The molecule has 0 aliphatic rings. The van der Waals surface area contributed by atoms with Crippen LogP contribution in [0.15, 0.2) is 60.9 Å². The van der Waals surface area contributed by atoms with E-state index in [0.717, 1.165) is 5.56 Å². The number of hydrogen-bond acceptors (Lipinski definition) is 3. The molecule has 0 spiro atoms. The number of carbonyl (C=O) groups excluding carboxylic acids is 1. The van der Waals surface area contributed by atoms with Crippen LogP contribution < -0.4 is 5.32 Å². The Balaban J connectivity index is 1.57. The van der Waals surface area contributed by atoms with Gasteiger partial charge in [0.15, 0.2) is 0 Å². The Kier molecular flexibility index (Phi) is 5.57. The van der Waals surface area contributed by atoms with Gasteiger partial charge in [-0.1, -0.05) is 47.5 Å². The molecule has 2 heterocycles. The van der Waals surface area contributed by atoms with E-state index < -0.39 is 5.82 Å². The topological polar surface area (TPSA) is 64.7 Å². The molecular formula is C21H16Cl2FN5O. The van der Waals surface area contributed by atoms with Gasteiger partial charge >= 0.3 is 0 Å². The maximum Gasteiger partial charge on any atom is 0.260 e. The summed E-state index contributed by atoms with van der Waals surface area (Å²) in [6, 6.07) is 13.3. The number of rotatable bonds is 5. The van der Waals surface area contributed by atoms with Crippen molar-refractivity contribution in [3.63, 3.8) is 0 Å². The molecule has 0 saturated carbocycles. The molecule has 0 aliphatic heterocycles. The van der Waals surface area contributed by atoms with E-state index in [0.29, 0.717) is 33.7 Å². The number of halogens is 3. The summed E-state index contributed by atoms with van der Waals surface area (Å²) in [5, 5.41) is 12.1. The SMILES string of the molecule is Cc1c(C(=O)Nc2ccnn2Cc2cccc(Cl)c2Cl)cnn1-c1ccccc1F. The van der Waals surface area contributed by atoms with E-state index in [-0.39, 0.29) is 11.6 Å². The van der Waals surface area contributed by atoms with Crippen LogP contribution in [-0.2, 0) is 6.54 Å². The quantitative estimate of drug-likeness (QED) is 0.465. The lowest BCUT2D eigenvalue weighted by molar-refractivity contribution is 0.102. The number of benzene rings is 2. The van der Waals surface area contributed by atoms with Gasteiger partial charge in [-0.15, -0.1) is 0 Å². The Morgan fingerprint density at radius 1 is 1.10 bits per heavy atom. The minimum absolute atomic E-state index is 0.273.